The van der Waals surface area contributed by atoms with Gasteiger partial charge in [-0.3, -0.25) is 9.69 Å². The third kappa shape index (κ3) is 4.49. The van der Waals surface area contributed by atoms with Gasteiger partial charge in [-0.25, -0.2) is 4.99 Å². The number of carbonyl (C=O) groups is 1. The van der Waals surface area contributed by atoms with E-state index in [2.05, 4.69) is 42.7 Å². The number of ether oxygens (including phenoxy) is 1. The number of hydrogen-bond acceptors (Lipinski definition) is 6. The van der Waals surface area contributed by atoms with Crippen LogP contribution in [0.2, 0.25) is 0 Å². The van der Waals surface area contributed by atoms with Crippen molar-refractivity contribution >= 4 is 46.0 Å². The largest absolute Gasteiger partial charge is 0.497 e. The lowest BCUT2D eigenvalue weighted by atomic mass is 10.1. The number of hydrogen-bond donors (Lipinski definition) is 0. The van der Waals surface area contributed by atoms with Crippen LogP contribution >= 0.6 is 23.5 Å². The molecule has 1 amide bonds. The number of methoxy groups -OCH3 is 1. The highest BCUT2D eigenvalue weighted by molar-refractivity contribution is 8.19. The van der Waals surface area contributed by atoms with Crippen molar-refractivity contribution in [1.82, 2.24) is 4.90 Å². The number of amidine groups is 1. The molecule has 0 bridgehead atoms. The predicted octanol–water partition coefficient (Wildman–Crippen LogP) is 6.91. The average molecular weight is 500 g/mol. The number of rotatable bonds is 6. The van der Waals surface area contributed by atoms with Gasteiger partial charge in [0.2, 0.25) is 0 Å². The highest BCUT2D eigenvalue weighted by Gasteiger charge is 2.39. The Labute approximate surface area is 214 Å². The second kappa shape index (κ2) is 10.1. The van der Waals surface area contributed by atoms with Crippen LogP contribution in [0.1, 0.15) is 6.92 Å². The lowest BCUT2D eigenvalue weighted by Gasteiger charge is -2.19. The number of anilines is 1. The van der Waals surface area contributed by atoms with Crippen molar-refractivity contribution in [2.45, 2.75) is 11.8 Å². The molecule has 7 heteroatoms. The van der Waals surface area contributed by atoms with E-state index in [1.807, 2.05) is 48.5 Å². The van der Waals surface area contributed by atoms with Crippen molar-refractivity contribution in [2.24, 2.45) is 4.99 Å². The van der Waals surface area contributed by atoms with Crippen LogP contribution < -0.4 is 9.64 Å². The van der Waals surface area contributed by atoms with Crippen molar-refractivity contribution in [3.63, 3.8) is 0 Å². The predicted molar refractivity (Wildman–Crippen MR) is 147 cm³/mol. The maximum atomic E-state index is 13.5. The first-order valence-corrected chi connectivity index (χ1v) is 13.0. The van der Waals surface area contributed by atoms with Gasteiger partial charge in [0.25, 0.3) is 5.91 Å². The molecule has 2 heterocycles. The fourth-order valence-electron chi connectivity index (χ4n) is 4.05. The molecule has 0 atom stereocenters. The molecule has 5 nitrogen and oxygen atoms in total. The fraction of sp³-hybridized carbons (Fsp3) is 0.143. The first-order valence-electron chi connectivity index (χ1n) is 11.4. The van der Waals surface area contributed by atoms with Gasteiger partial charge in [0.1, 0.15) is 15.7 Å². The highest BCUT2D eigenvalue weighted by atomic mass is 32.2. The molecule has 0 radical (unpaired) electrons. The van der Waals surface area contributed by atoms with Gasteiger partial charge < -0.3 is 9.64 Å². The van der Waals surface area contributed by atoms with Crippen LogP contribution in [-0.2, 0) is 4.79 Å². The normalized spacial score (nSPS) is 18.3. The minimum atomic E-state index is -0.0460. The Morgan fingerprint density at radius 2 is 1.71 bits per heavy atom. The van der Waals surface area contributed by atoms with Gasteiger partial charge in [0, 0.05) is 24.1 Å². The van der Waals surface area contributed by atoms with E-state index < -0.39 is 0 Å². The third-order valence-electron chi connectivity index (χ3n) is 5.79. The van der Waals surface area contributed by atoms with Gasteiger partial charge in [-0.1, -0.05) is 60.3 Å². The van der Waals surface area contributed by atoms with Gasteiger partial charge in [0.15, 0.2) is 5.17 Å². The summed E-state index contributed by atoms with van der Waals surface area (Å²) in [5.41, 5.74) is 4.15. The van der Waals surface area contributed by atoms with Crippen LogP contribution in [-0.4, -0.2) is 36.2 Å². The molecule has 3 aromatic carbocycles. The lowest BCUT2D eigenvalue weighted by Crippen LogP contribution is -2.30. The lowest BCUT2D eigenvalue weighted by molar-refractivity contribution is -0.121. The van der Waals surface area contributed by atoms with Gasteiger partial charge in [-0.15, -0.1) is 6.58 Å². The molecular weight excluding hydrogens is 474 g/mol. The molecule has 35 heavy (non-hydrogen) atoms. The average Bonchev–Trinajstić information content (AvgIpc) is 3.41. The monoisotopic (exact) mass is 499 g/mol. The van der Waals surface area contributed by atoms with Crippen molar-refractivity contribution < 1.29 is 9.53 Å². The SMILES string of the molecule is C=CCN1C(=O)/C(=C2/Sc3ccc(OC)cc3N2CC)SC1=Nc1ccc(-c2ccccc2)cc1. The van der Waals surface area contributed by atoms with E-state index in [9.17, 15) is 4.79 Å². The topological polar surface area (TPSA) is 45.1 Å². The summed E-state index contributed by atoms with van der Waals surface area (Å²) in [5, 5.41) is 1.60. The summed E-state index contributed by atoms with van der Waals surface area (Å²) in [4.78, 5) is 24.0. The Morgan fingerprint density at radius 3 is 2.40 bits per heavy atom. The molecular formula is C28H25N3O2S2. The van der Waals surface area contributed by atoms with Crippen molar-refractivity contribution in [3.05, 3.63) is 95.4 Å². The minimum Gasteiger partial charge on any atom is -0.497 e. The molecule has 1 fully saturated rings. The van der Waals surface area contributed by atoms with E-state index in [0.717, 1.165) is 44.7 Å². The molecule has 0 aromatic heterocycles. The maximum absolute atomic E-state index is 13.5. The molecule has 2 aliphatic rings. The van der Waals surface area contributed by atoms with Crippen LogP contribution in [0.4, 0.5) is 11.4 Å². The number of nitrogens with zero attached hydrogens (tertiary/aromatic N) is 3. The van der Waals surface area contributed by atoms with E-state index in [4.69, 9.17) is 9.73 Å². The molecule has 0 saturated carbocycles. The van der Waals surface area contributed by atoms with Crippen molar-refractivity contribution in [2.75, 3.05) is 25.1 Å². The molecule has 0 spiro atoms. The molecule has 0 unspecified atom stereocenters. The zero-order valence-corrected chi connectivity index (χ0v) is 21.2. The van der Waals surface area contributed by atoms with E-state index in [0.29, 0.717) is 16.6 Å². The van der Waals surface area contributed by atoms with E-state index >= 15 is 0 Å². The first-order chi connectivity index (χ1) is 17.1. The second-order valence-electron chi connectivity index (χ2n) is 7.93. The van der Waals surface area contributed by atoms with Crippen LogP contribution in [0, 0.1) is 0 Å². The minimum absolute atomic E-state index is 0.0460. The summed E-state index contributed by atoms with van der Waals surface area (Å²) in [6.07, 6.45) is 1.74. The highest BCUT2D eigenvalue weighted by Crippen LogP contribution is 2.51. The summed E-state index contributed by atoms with van der Waals surface area (Å²) >= 11 is 3.04. The standard InChI is InChI=1S/C28H25N3O2S2/c1-4-17-31-26(32)25(27-30(5-2)23-18-22(33-3)15-16-24(23)34-27)35-28(31)29-21-13-11-20(12-14-21)19-9-7-6-8-10-19/h4,6-16,18H,1,5,17H2,2-3H3/b27-25-,29-28?. The molecule has 2 aliphatic heterocycles. The Kier molecular flexibility index (Phi) is 6.70. The number of carbonyl (C=O) groups excluding carboxylic acids is 1. The maximum Gasteiger partial charge on any atom is 0.269 e. The first kappa shape index (κ1) is 23.3. The van der Waals surface area contributed by atoms with E-state index in [1.165, 1.54) is 11.8 Å². The quantitative estimate of drug-likeness (QED) is 0.272. The summed E-state index contributed by atoms with van der Waals surface area (Å²) in [6, 6.07) is 24.4. The van der Waals surface area contributed by atoms with Crippen LogP contribution in [0.25, 0.3) is 11.1 Å². The Bertz CT molecular complexity index is 1330. The van der Waals surface area contributed by atoms with Crippen LogP contribution in [0.3, 0.4) is 0 Å². The summed E-state index contributed by atoms with van der Waals surface area (Å²) in [6.45, 7) is 7.08. The van der Waals surface area contributed by atoms with Gasteiger partial charge in [0.05, 0.1) is 18.5 Å². The van der Waals surface area contributed by atoms with Gasteiger partial charge in [-0.2, -0.15) is 0 Å². The molecule has 3 aromatic rings. The summed E-state index contributed by atoms with van der Waals surface area (Å²) < 4.78 is 5.42. The molecule has 0 N–H and O–H groups in total. The number of thioether (sulfide) groups is 2. The zero-order chi connectivity index (χ0) is 24.4. The summed E-state index contributed by atoms with van der Waals surface area (Å²) in [5.74, 6) is 0.754. The number of amides is 1. The van der Waals surface area contributed by atoms with Crippen LogP contribution in [0.15, 0.2) is 105 Å². The molecule has 0 aliphatic carbocycles. The third-order valence-corrected chi connectivity index (χ3v) is 8.17. The van der Waals surface area contributed by atoms with Crippen molar-refractivity contribution in [1.29, 1.82) is 0 Å². The van der Waals surface area contributed by atoms with Gasteiger partial charge >= 0.3 is 0 Å². The number of aliphatic imine (C=N–C) groups is 1. The smallest absolute Gasteiger partial charge is 0.269 e. The Hall–Kier alpha value is -3.42. The zero-order valence-electron chi connectivity index (χ0n) is 19.6. The number of fused-ring (bicyclic) bond motifs is 1. The Balaban J connectivity index is 1.48. The van der Waals surface area contributed by atoms with Gasteiger partial charge in [-0.05, 0) is 54.1 Å². The molecule has 1 saturated heterocycles. The van der Waals surface area contributed by atoms with Crippen LogP contribution in [0.5, 0.6) is 5.75 Å². The van der Waals surface area contributed by atoms with E-state index in [-0.39, 0.29) is 5.91 Å². The van der Waals surface area contributed by atoms with E-state index in [1.54, 1.807) is 29.8 Å². The Morgan fingerprint density at radius 1 is 0.971 bits per heavy atom. The second-order valence-corrected chi connectivity index (χ2v) is 9.94. The molecule has 176 valence electrons. The molecule has 5 rings (SSSR count). The van der Waals surface area contributed by atoms with Crippen molar-refractivity contribution in [3.8, 4) is 16.9 Å². The fourth-order valence-corrected chi connectivity index (χ4v) is 6.43. The number of benzene rings is 3. The summed E-state index contributed by atoms with van der Waals surface area (Å²) in [7, 11) is 1.66.